The lowest BCUT2D eigenvalue weighted by molar-refractivity contribution is 0.650. The molecule has 1 aromatic rings. The average Bonchev–Trinajstić information content (AvgIpc) is 2.24. The van der Waals surface area contributed by atoms with Gasteiger partial charge in [0, 0.05) is 10.7 Å². The van der Waals surface area contributed by atoms with Crippen LogP contribution in [-0.4, -0.2) is 19.7 Å². The standard InChI is InChI=1S/C12H17BrN2OS/c1-5-10(15-17(16)12(2,3)4)11-8-9(13)6-7-14-11/h6-8H,5H2,1-4H3/t17-/m0/s1. The number of nitrogens with zero attached hydrogens (tertiary/aromatic N) is 2. The summed E-state index contributed by atoms with van der Waals surface area (Å²) in [5.74, 6) is 0. The maximum atomic E-state index is 12.0. The summed E-state index contributed by atoms with van der Waals surface area (Å²) in [7, 11) is -1.24. The molecule has 0 unspecified atom stereocenters. The van der Waals surface area contributed by atoms with Crippen LogP contribution in [0.25, 0.3) is 0 Å². The Bertz CT molecular complexity index is 452. The molecule has 0 saturated carbocycles. The first-order chi connectivity index (χ1) is 7.84. The van der Waals surface area contributed by atoms with E-state index in [0.717, 1.165) is 15.9 Å². The molecular formula is C12H17BrN2OS. The quantitative estimate of drug-likeness (QED) is 0.801. The van der Waals surface area contributed by atoms with Crippen LogP contribution < -0.4 is 0 Å². The van der Waals surface area contributed by atoms with Gasteiger partial charge in [0.2, 0.25) is 0 Å². The van der Waals surface area contributed by atoms with Crippen LogP contribution in [0, 0.1) is 0 Å². The van der Waals surface area contributed by atoms with Crippen LogP contribution >= 0.6 is 15.9 Å². The summed E-state index contributed by atoms with van der Waals surface area (Å²) in [5.41, 5.74) is 1.55. The summed E-state index contributed by atoms with van der Waals surface area (Å²) in [6, 6.07) is 3.75. The topological polar surface area (TPSA) is 42.3 Å². The summed E-state index contributed by atoms with van der Waals surface area (Å²) < 4.78 is 16.9. The molecule has 0 aromatic carbocycles. The van der Waals surface area contributed by atoms with Crippen molar-refractivity contribution in [2.45, 2.75) is 38.9 Å². The van der Waals surface area contributed by atoms with Gasteiger partial charge in [-0.2, -0.15) is 4.40 Å². The number of hydrogen-bond acceptors (Lipinski definition) is 2. The minimum atomic E-state index is -1.24. The van der Waals surface area contributed by atoms with Gasteiger partial charge >= 0.3 is 0 Å². The Labute approximate surface area is 113 Å². The smallest absolute Gasteiger partial charge is 0.145 e. The van der Waals surface area contributed by atoms with E-state index in [-0.39, 0.29) is 4.75 Å². The molecule has 1 aromatic heterocycles. The second-order valence-electron chi connectivity index (χ2n) is 4.61. The minimum absolute atomic E-state index is 0.341. The van der Waals surface area contributed by atoms with Gasteiger partial charge in [0.25, 0.3) is 0 Å². The molecule has 17 heavy (non-hydrogen) atoms. The van der Waals surface area contributed by atoms with Crippen LogP contribution in [0.4, 0.5) is 0 Å². The molecule has 0 aliphatic heterocycles. The summed E-state index contributed by atoms with van der Waals surface area (Å²) in [6.45, 7) is 7.72. The second-order valence-corrected chi connectivity index (χ2v) is 7.43. The molecule has 0 radical (unpaired) electrons. The van der Waals surface area contributed by atoms with E-state index < -0.39 is 11.0 Å². The zero-order chi connectivity index (χ0) is 13.1. The summed E-state index contributed by atoms with van der Waals surface area (Å²) in [6.07, 6.45) is 2.43. The predicted octanol–water partition coefficient (Wildman–Crippen LogP) is 3.51. The van der Waals surface area contributed by atoms with Gasteiger partial charge in [-0.3, -0.25) is 4.98 Å². The first-order valence-electron chi connectivity index (χ1n) is 5.46. The Morgan fingerprint density at radius 1 is 1.53 bits per heavy atom. The van der Waals surface area contributed by atoms with E-state index >= 15 is 0 Å². The van der Waals surface area contributed by atoms with Gasteiger partial charge in [-0.15, -0.1) is 0 Å². The normalized spacial score (nSPS) is 14.8. The van der Waals surface area contributed by atoms with Gasteiger partial charge in [-0.1, -0.05) is 22.9 Å². The summed E-state index contributed by atoms with van der Waals surface area (Å²) in [5, 5.41) is 0. The number of halogens is 1. The van der Waals surface area contributed by atoms with E-state index in [1.807, 2.05) is 39.8 Å². The van der Waals surface area contributed by atoms with Crippen LogP contribution in [0.15, 0.2) is 27.2 Å². The Balaban J connectivity index is 3.08. The van der Waals surface area contributed by atoms with E-state index in [0.29, 0.717) is 6.42 Å². The van der Waals surface area contributed by atoms with Gasteiger partial charge in [0.1, 0.15) is 11.0 Å². The first-order valence-corrected chi connectivity index (χ1v) is 7.36. The monoisotopic (exact) mass is 316 g/mol. The molecule has 1 heterocycles. The fourth-order valence-electron chi connectivity index (χ4n) is 1.09. The highest BCUT2D eigenvalue weighted by Gasteiger charge is 2.20. The predicted molar refractivity (Wildman–Crippen MR) is 76.7 cm³/mol. The van der Waals surface area contributed by atoms with Crippen LogP contribution in [0.3, 0.4) is 0 Å². The fourth-order valence-corrected chi connectivity index (χ4v) is 2.12. The van der Waals surface area contributed by atoms with Crippen LogP contribution in [0.1, 0.15) is 39.8 Å². The van der Waals surface area contributed by atoms with Crippen molar-refractivity contribution in [2.24, 2.45) is 4.40 Å². The highest BCUT2D eigenvalue weighted by molar-refractivity contribution is 9.10. The fraction of sp³-hybridized carbons (Fsp3) is 0.500. The van der Waals surface area contributed by atoms with Gasteiger partial charge < -0.3 is 0 Å². The molecule has 5 heteroatoms. The van der Waals surface area contributed by atoms with E-state index in [1.165, 1.54) is 0 Å². The van der Waals surface area contributed by atoms with Crippen molar-refractivity contribution >= 4 is 32.6 Å². The van der Waals surface area contributed by atoms with E-state index in [1.54, 1.807) is 6.20 Å². The summed E-state index contributed by atoms with van der Waals surface area (Å²) in [4.78, 5) is 4.25. The number of pyridine rings is 1. The van der Waals surface area contributed by atoms with Crippen molar-refractivity contribution in [3.8, 4) is 0 Å². The molecule has 0 bridgehead atoms. The maximum absolute atomic E-state index is 12.0. The molecule has 94 valence electrons. The zero-order valence-electron chi connectivity index (χ0n) is 10.5. The molecule has 3 nitrogen and oxygen atoms in total. The van der Waals surface area contributed by atoms with Gasteiger partial charge in [-0.25, -0.2) is 4.21 Å². The molecule has 0 aliphatic rings. The third kappa shape index (κ3) is 4.32. The Morgan fingerprint density at radius 3 is 2.65 bits per heavy atom. The molecule has 0 saturated heterocycles. The highest BCUT2D eigenvalue weighted by Crippen LogP contribution is 2.16. The van der Waals surface area contributed by atoms with Gasteiger partial charge in [-0.05, 0) is 39.3 Å². The van der Waals surface area contributed by atoms with Crippen molar-refractivity contribution in [3.05, 3.63) is 28.5 Å². The largest absolute Gasteiger partial charge is 0.255 e. The molecule has 0 fully saturated rings. The lowest BCUT2D eigenvalue weighted by Gasteiger charge is -2.14. The van der Waals surface area contributed by atoms with E-state index in [9.17, 15) is 4.21 Å². The molecule has 0 amide bonds. The molecular weight excluding hydrogens is 300 g/mol. The molecule has 1 rings (SSSR count). The lowest BCUT2D eigenvalue weighted by atomic mass is 10.2. The Morgan fingerprint density at radius 2 is 2.18 bits per heavy atom. The van der Waals surface area contributed by atoms with Crippen LogP contribution in [-0.2, 0) is 11.0 Å². The van der Waals surface area contributed by atoms with E-state index in [4.69, 9.17) is 0 Å². The van der Waals surface area contributed by atoms with Crippen molar-refractivity contribution < 1.29 is 4.21 Å². The van der Waals surface area contributed by atoms with Gasteiger partial charge in [0.05, 0.1) is 16.2 Å². The number of hydrogen-bond donors (Lipinski definition) is 0. The third-order valence-electron chi connectivity index (χ3n) is 2.07. The van der Waals surface area contributed by atoms with E-state index in [2.05, 4.69) is 25.3 Å². The molecule has 0 N–H and O–H groups in total. The highest BCUT2D eigenvalue weighted by atomic mass is 79.9. The minimum Gasteiger partial charge on any atom is -0.255 e. The van der Waals surface area contributed by atoms with Crippen molar-refractivity contribution in [2.75, 3.05) is 0 Å². The van der Waals surface area contributed by atoms with Crippen LogP contribution in [0.5, 0.6) is 0 Å². The van der Waals surface area contributed by atoms with Crippen molar-refractivity contribution in [1.29, 1.82) is 0 Å². The molecule has 1 atom stereocenters. The van der Waals surface area contributed by atoms with Crippen molar-refractivity contribution in [3.63, 3.8) is 0 Å². The Kier molecular flexibility index (Phi) is 5.01. The molecule has 0 aliphatic carbocycles. The number of rotatable bonds is 3. The van der Waals surface area contributed by atoms with Crippen LogP contribution in [0.2, 0.25) is 0 Å². The third-order valence-corrected chi connectivity index (χ3v) is 4.00. The first kappa shape index (κ1) is 14.5. The number of aromatic nitrogens is 1. The van der Waals surface area contributed by atoms with Crippen molar-refractivity contribution in [1.82, 2.24) is 4.98 Å². The zero-order valence-corrected chi connectivity index (χ0v) is 12.9. The van der Waals surface area contributed by atoms with Gasteiger partial charge in [0.15, 0.2) is 0 Å². The second kappa shape index (κ2) is 5.87. The SMILES string of the molecule is CCC(=N[S@@](=O)C(C)(C)C)c1cc(Br)ccn1. The average molecular weight is 317 g/mol. The molecule has 0 spiro atoms. The lowest BCUT2D eigenvalue weighted by Crippen LogP contribution is -2.21. The Hall–Kier alpha value is -0.550. The maximum Gasteiger partial charge on any atom is 0.145 e. The summed E-state index contributed by atoms with van der Waals surface area (Å²) >= 11 is 3.39.